The molecule has 0 spiro atoms. The van der Waals surface area contributed by atoms with Gasteiger partial charge in [0.2, 0.25) is 0 Å². The highest BCUT2D eigenvalue weighted by Gasteiger charge is 2.21. The van der Waals surface area contributed by atoms with Gasteiger partial charge in [0.15, 0.2) is 0 Å². The number of hydrogen-bond acceptors (Lipinski definition) is 5. The number of nitrogens with zero attached hydrogens (tertiary/aromatic N) is 2. The van der Waals surface area contributed by atoms with Crippen molar-refractivity contribution in [2.24, 2.45) is 5.92 Å². The smallest absolute Gasteiger partial charge is 0.271 e. The molecule has 1 N–H and O–H groups in total. The summed E-state index contributed by atoms with van der Waals surface area (Å²) in [5.41, 5.74) is -0.0324. The van der Waals surface area contributed by atoms with Crippen molar-refractivity contribution in [3.8, 4) is 0 Å². The van der Waals surface area contributed by atoms with E-state index in [1.54, 1.807) is 7.11 Å². The van der Waals surface area contributed by atoms with Crippen molar-refractivity contribution in [2.45, 2.75) is 45.3 Å². The standard InChI is InChI=1S/C17H27N3O4/c1-13-5-3-4-6-15(13)24-11-9-18-17(22)14-7-8-16(21)20(19-14)10-12-23-2/h7-8,13,15H,3-6,9-12H2,1-2H3,(H,18,22)/t13-,15-/m1/s1. The molecule has 7 nitrogen and oxygen atoms in total. The van der Waals surface area contributed by atoms with Crippen LogP contribution in [0.3, 0.4) is 0 Å². The van der Waals surface area contributed by atoms with Crippen LogP contribution in [-0.2, 0) is 16.0 Å². The van der Waals surface area contributed by atoms with Gasteiger partial charge in [-0.05, 0) is 24.8 Å². The Morgan fingerprint density at radius 1 is 1.33 bits per heavy atom. The first kappa shape index (κ1) is 18.6. The Bertz CT molecular complexity index is 587. The molecule has 134 valence electrons. The number of nitrogens with one attached hydrogen (secondary N) is 1. The molecule has 0 radical (unpaired) electrons. The monoisotopic (exact) mass is 337 g/mol. The van der Waals surface area contributed by atoms with Crippen molar-refractivity contribution in [1.82, 2.24) is 15.1 Å². The summed E-state index contributed by atoms with van der Waals surface area (Å²) in [5.74, 6) is 0.280. The van der Waals surface area contributed by atoms with Crippen molar-refractivity contribution in [3.05, 3.63) is 28.2 Å². The summed E-state index contributed by atoms with van der Waals surface area (Å²) in [4.78, 5) is 23.8. The molecular weight excluding hydrogens is 310 g/mol. The molecule has 1 aliphatic rings. The van der Waals surface area contributed by atoms with Crippen LogP contribution in [0.1, 0.15) is 43.1 Å². The Hall–Kier alpha value is -1.73. The van der Waals surface area contributed by atoms with Crippen molar-refractivity contribution in [3.63, 3.8) is 0 Å². The quantitative estimate of drug-likeness (QED) is 0.721. The number of ether oxygens (including phenoxy) is 2. The average Bonchev–Trinajstić information content (AvgIpc) is 2.59. The Kier molecular flexibility index (Phi) is 7.39. The SMILES string of the molecule is COCCn1nc(C(=O)NCCO[C@@H]2CCCC[C@H]2C)ccc1=O. The normalized spacial score (nSPS) is 20.8. The van der Waals surface area contributed by atoms with Gasteiger partial charge in [-0.2, -0.15) is 5.10 Å². The van der Waals surface area contributed by atoms with Crippen LogP contribution in [0.25, 0.3) is 0 Å². The van der Waals surface area contributed by atoms with Crippen LogP contribution in [0, 0.1) is 5.92 Å². The fourth-order valence-electron chi connectivity index (χ4n) is 2.90. The van der Waals surface area contributed by atoms with Gasteiger partial charge in [-0.1, -0.05) is 19.8 Å². The maximum absolute atomic E-state index is 12.1. The minimum Gasteiger partial charge on any atom is -0.383 e. The first-order valence-electron chi connectivity index (χ1n) is 8.58. The summed E-state index contributed by atoms with van der Waals surface area (Å²) < 4.78 is 12.0. The van der Waals surface area contributed by atoms with E-state index in [-0.39, 0.29) is 17.2 Å². The number of carbonyl (C=O) groups is 1. The van der Waals surface area contributed by atoms with Crippen molar-refractivity contribution in [2.75, 3.05) is 26.9 Å². The molecule has 1 amide bonds. The van der Waals surface area contributed by atoms with Gasteiger partial charge in [-0.25, -0.2) is 4.68 Å². The maximum Gasteiger partial charge on any atom is 0.271 e. The zero-order chi connectivity index (χ0) is 17.4. The lowest BCUT2D eigenvalue weighted by molar-refractivity contribution is -0.00295. The minimum atomic E-state index is -0.304. The predicted molar refractivity (Wildman–Crippen MR) is 90.1 cm³/mol. The first-order valence-corrected chi connectivity index (χ1v) is 8.58. The molecule has 0 aromatic carbocycles. The Morgan fingerprint density at radius 2 is 2.12 bits per heavy atom. The van der Waals surface area contributed by atoms with E-state index in [1.165, 1.54) is 36.1 Å². The number of aromatic nitrogens is 2. The van der Waals surface area contributed by atoms with E-state index in [0.29, 0.717) is 38.3 Å². The van der Waals surface area contributed by atoms with Gasteiger partial charge in [0.25, 0.3) is 11.5 Å². The summed E-state index contributed by atoms with van der Waals surface area (Å²) in [7, 11) is 1.55. The second-order valence-electron chi connectivity index (χ2n) is 6.20. The van der Waals surface area contributed by atoms with Crippen LogP contribution in [0.15, 0.2) is 16.9 Å². The lowest BCUT2D eigenvalue weighted by Gasteiger charge is -2.28. The number of rotatable bonds is 8. The summed E-state index contributed by atoms with van der Waals surface area (Å²) in [6.45, 7) is 3.82. The maximum atomic E-state index is 12.1. The Morgan fingerprint density at radius 3 is 2.88 bits per heavy atom. The molecule has 1 aromatic heterocycles. The van der Waals surface area contributed by atoms with Gasteiger partial charge in [0.05, 0.1) is 25.9 Å². The zero-order valence-electron chi connectivity index (χ0n) is 14.5. The molecule has 1 aromatic rings. The summed E-state index contributed by atoms with van der Waals surface area (Å²) >= 11 is 0. The van der Waals surface area contributed by atoms with Crippen LogP contribution in [0.2, 0.25) is 0 Å². The average molecular weight is 337 g/mol. The van der Waals surface area contributed by atoms with Gasteiger partial charge in [0, 0.05) is 19.7 Å². The summed E-state index contributed by atoms with van der Waals surface area (Å²) in [6, 6.07) is 2.78. The minimum absolute atomic E-state index is 0.219. The molecular formula is C17H27N3O4. The first-order chi connectivity index (χ1) is 11.6. The van der Waals surface area contributed by atoms with Gasteiger partial charge in [-0.15, -0.1) is 0 Å². The molecule has 1 aliphatic carbocycles. The molecule has 0 unspecified atom stereocenters. The van der Waals surface area contributed by atoms with Crippen LogP contribution in [0.5, 0.6) is 0 Å². The molecule has 7 heteroatoms. The second kappa shape index (κ2) is 9.54. The largest absolute Gasteiger partial charge is 0.383 e. The van der Waals surface area contributed by atoms with E-state index in [9.17, 15) is 9.59 Å². The number of carbonyl (C=O) groups excluding carboxylic acids is 1. The van der Waals surface area contributed by atoms with E-state index in [0.717, 1.165) is 6.42 Å². The van der Waals surface area contributed by atoms with Gasteiger partial charge in [-0.3, -0.25) is 9.59 Å². The van der Waals surface area contributed by atoms with E-state index >= 15 is 0 Å². The van der Waals surface area contributed by atoms with Crippen molar-refractivity contribution >= 4 is 5.91 Å². The van der Waals surface area contributed by atoms with Crippen molar-refractivity contribution in [1.29, 1.82) is 0 Å². The van der Waals surface area contributed by atoms with Crippen LogP contribution in [-0.4, -0.2) is 48.7 Å². The highest BCUT2D eigenvalue weighted by Crippen LogP contribution is 2.25. The predicted octanol–water partition coefficient (Wildman–Crippen LogP) is 1.21. The van der Waals surface area contributed by atoms with Gasteiger partial charge >= 0.3 is 0 Å². The number of methoxy groups -OCH3 is 1. The molecule has 2 atom stereocenters. The third kappa shape index (κ3) is 5.42. The van der Waals surface area contributed by atoms with Crippen LogP contribution >= 0.6 is 0 Å². The van der Waals surface area contributed by atoms with Gasteiger partial charge < -0.3 is 14.8 Å². The third-order valence-electron chi connectivity index (χ3n) is 4.36. The summed E-state index contributed by atoms with van der Waals surface area (Å²) in [6.07, 6.45) is 5.10. The number of hydrogen-bond donors (Lipinski definition) is 1. The molecule has 1 heterocycles. The molecule has 0 bridgehead atoms. The number of amides is 1. The molecule has 0 saturated heterocycles. The van der Waals surface area contributed by atoms with Gasteiger partial charge in [0.1, 0.15) is 5.69 Å². The second-order valence-corrected chi connectivity index (χ2v) is 6.20. The Balaban J connectivity index is 1.78. The summed E-state index contributed by atoms with van der Waals surface area (Å²) in [5, 5.41) is 6.84. The molecule has 1 fully saturated rings. The van der Waals surface area contributed by atoms with E-state index in [2.05, 4.69) is 17.3 Å². The van der Waals surface area contributed by atoms with E-state index in [1.807, 2.05) is 0 Å². The van der Waals surface area contributed by atoms with Crippen LogP contribution < -0.4 is 10.9 Å². The molecule has 24 heavy (non-hydrogen) atoms. The van der Waals surface area contributed by atoms with Crippen molar-refractivity contribution < 1.29 is 14.3 Å². The molecule has 1 saturated carbocycles. The van der Waals surface area contributed by atoms with E-state index < -0.39 is 0 Å². The lowest BCUT2D eigenvalue weighted by atomic mass is 9.88. The zero-order valence-corrected chi connectivity index (χ0v) is 14.5. The highest BCUT2D eigenvalue weighted by molar-refractivity contribution is 5.91. The highest BCUT2D eigenvalue weighted by atomic mass is 16.5. The topological polar surface area (TPSA) is 82.5 Å². The van der Waals surface area contributed by atoms with E-state index in [4.69, 9.17) is 9.47 Å². The Labute approximate surface area is 142 Å². The van der Waals surface area contributed by atoms with Crippen LogP contribution in [0.4, 0.5) is 0 Å². The lowest BCUT2D eigenvalue weighted by Crippen LogP contribution is -2.33. The molecule has 0 aliphatic heterocycles. The fourth-order valence-corrected chi connectivity index (χ4v) is 2.90. The fraction of sp³-hybridized carbons (Fsp3) is 0.706. The third-order valence-corrected chi connectivity index (χ3v) is 4.36. The molecule has 2 rings (SSSR count).